The van der Waals surface area contributed by atoms with Gasteiger partial charge in [-0.15, -0.1) is 0 Å². The standard InChI is InChI=1S/C21H20ClNO5/c1-11-12(2)23(18-6-5-15(21(26)27)9-16(11)18)10-14-4-7-19(17(22)8-14)28-13(3)20(24)25/h4-9,13H,10H2,1-3H3,(H,24,25)(H,26,27)/t13-/m0/s1. The molecule has 3 aromatic rings. The van der Waals surface area contributed by atoms with Crippen molar-refractivity contribution in [2.24, 2.45) is 0 Å². The number of ether oxygens (including phenoxy) is 1. The van der Waals surface area contributed by atoms with Crippen LogP contribution in [0.4, 0.5) is 0 Å². The first-order valence-electron chi connectivity index (χ1n) is 8.69. The first kappa shape index (κ1) is 19.8. The van der Waals surface area contributed by atoms with Crippen molar-refractivity contribution in [1.82, 2.24) is 4.57 Å². The first-order valence-corrected chi connectivity index (χ1v) is 9.07. The molecule has 0 fully saturated rings. The van der Waals surface area contributed by atoms with Crippen LogP contribution < -0.4 is 4.74 Å². The molecule has 146 valence electrons. The number of carboxylic acids is 2. The predicted molar refractivity (Wildman–Crippen MR) is 107 cm³/mol. The highest BCUT2D eigenvalue weighted by Gasteiger charge is 2.16. The molecule has 0 aliphatic carbocycles. The summed E-state index contributed by atoms with van der Waals surface area (Å²) >= 11 is 6.27. The number of nitrogens with zero attached hydrogens (tertiary/aromatic N) is 1. The molecule has 7 heteroatoms. The molecule has 28 heavy (non-hydrogen) atoms. The topological polar surface area (TPSA) is 88.8 Å². The number of carbonyl (C=O) groups is 2. The van der Waals surface area contributed by atoms with Gasteiger partial charge in [0, 0.05) is 23.1 Å². The maximum Gasteiger partial charge on any atom is 0.344 e. The summed E-state index contributed by atoms with van der Waals surface area (Å²) in [4.78, 5) is 22.2. The fourth-order valence-electron chi connectivity index (χ4n) is 3.15. The quantitative estimate of drug-likeness (QED) is 0.634. The number of hydrogen-bond donors (Lipinski definition) is 2. The number of aromatic nitrogens is 1. The smallest absolute Gasteiger partial charge is 0.344 e. The van der Waals surface area contributed by atoms with Gasteiger partial charge in [0.2, 0.25) is 0 Å². The molecule has 0 radical (unpaired) electrons. The van der Waals surface area contributed by atoms with Crippen LogP contribution in [0.2, 0.25) is 5.02 Å². The largest absolute Gasteiger partial charge is 0.479 e. The number of rotatable bonds is 6. The summed E-state index contributed by atoms with van der Waals surface area (Å²) in [6, 6.07) is 10.3. The van der Waals surface area contributed by atoms with Crippen LogP contribution in [-0.2, 0) is 11.3 Å². The van der Waals surface area contributed by atoms with Crippen LogP contribution in [0.25, 0.3) is 10.9 Å². The van der Waals surface area contributed by atoms with Gasteiger partial charge in [0.1, 0.15) is 5.75 Å². The summed E-state index contributed by atoms with van der Waals surface area (Å²) in [7, 11) is 0. The Labute approximate surface area is 166 Å². The molecule has 1 atom stereocenters. The molecule has 0 amide bonds. The number of fused-ring (bicyclic) bond motifs is 1. The van der Waals surface area contributed by atoms with E-state index in [-0.39, 0.29) is 5.56 Å². The van der Waals surface area contributed by atoms with Gasteiger partial charge in [0.15, 0.2) is 6.10 Å². The Morgan fingerprint density at radius 1 is 1.14 bits per heavy atom. The van der Waals surface area contributed by atoms with Gasteiger partial charge in [0.25, 0.3) is 0 Å². The minimum Gasteiger partial charge on any atom is -0.479 e. The highest BCUT2D eigenvalue weighted by molar-refractivity contribution is 6.32. The van der Waals surface area contributed by atoms with E-state index in [1.165, 1.54) is 6.92 Å². The van der Waals surface area contributed by atoms with Crippen molar-refractivity contribution in [3.63, 3.8) is 0 Å². The lowest BCUT2D eigenvalue weighted by molar-refractivity contribution is -0.144. The lowest BCUT2D eigenvalue weighted by atomic mass is 10.1. The van der Waals surface area contributed by atoms with E-state index in [1.807, 2.05) is 26.0 Å². The number of benzene rings is 2. The maximum atomic E-state index is 11.3. The van der Waals surface area contributed by atoms with Crippen LogP contribution in [0.15, 0.2) is 36.4 Å². The summed E-state index contributed by atoms with van der Waals surface area (Å²) < 4.78 is 7.45. The van der Waals surface area contributed by atoms with E-state index >= 15 is 0 Å². The Kier molecular flexibility index (Phi) is 5.34. The van der Waals surface area contributed by atoms with Crippen molar-refractivity contribution < 1.29 is 24.5 Å². The van der Waals surface area contributed by atoms with Gasteiger partial charge in [-0.05, 0) is 62.2 Å². The van der Waals surface area contributed by atoms with Crippen LogP contribution in [-0.4, -0.2) is 32.8 Å². The summed E-state index contributed by atoms with van der Waals surface area (Å²) in [5.74, 6) is -1.70. The fraction of sp³-hybridized carbons (Fsp3) is 0.238. The van der Waals surface area contributed by atoms with Crippen molar-refractivity contribution in [2.75, 3.05) is 0 Å². The zero-order valence-corrected chi connectivity index (χ0v) is 16.4. The van der Waals surface area contributed by atoms with E-state index in [0.717, 1.165) is 27.7 Å². The molecule has 3 rings (SSSR count). The van der Waals surface area contributed by atoms with Gasteiger partial charge in [-0.2, -0.15) is 0 Å². The van der Waals surface area contributed by atoms with E-state index in [1.54, 1.807) is 24.3 Å². The lowest BCUT2D eigenvalue weighted by Crippen LogP contribution is -2.23. The highest BCUT2D eigenvalue weighted by Crippen LogP contribution is 2.30. The minimum absolute atomic E-state index is 0.254. The third-order valence-corrected chi connectivity index (χ3v) is 5.17. The Hall–Kier alpha value is -2.99. The number of carboxylic acid groups (broad SMARTS) is 2. The highest BCUT2D eigenvalue weighted by atomic mass is 35.5. The van der Waals surface area contributed by atoms with Crippen molar-refractivity contribution in [3.8, 4) is 5.75 Å². The van der Waals surface area contributed by atoms with Gasteiger partial charge in [-0.25, -0.2) is 9.59 Å². The monoisotopic (exact) mass is 401 g/mol. The predicted octanol–water partition coefficient (Wildman–Crippen LogP) is 4.51. The van der Waals surface area contributed by atoms with E-state index in [2.05, 4.69) is 4.57 Å². The molecular weight excluding hydrogens is 382 g/mol. The average Bonchev–Trinajstić information content (AvgIpc) is 2.88. The summed E-state index contributed by atoms with van der Waals surface area (Å²) in [6.07, 6.45) is -0.995. The zero-order valence-electron chi connectivity index (χ0n) is 15.7. The second-order valence-corrected chi connectivity index (χ2v) is 7.10. The molecule has 0 saturated heterocycles. The molecule has 1 heterocycles. The molecular formula is C21H20ClNO5. The molecule has 0 aliphatic heterocycles. The molecule has 0 unspecified atom stereocenters. The molecule has 0 aliphatic rings. The van der Waals surface area contributed by atoms with Crippen molar-refractivity contribution in [2.45, 2.75) is 33.4 Å². The first-order chi connectivity index (χ1) is 13.2. The van der Waals surface area contributed by atoms with Gasteiger partial charge in [-0.1, -0.05) is 17.7 Å². The minimum atomic E-state index is -1.06. The van der Waals surface area contributed by atoms with Crippen molar-refractivity contribution >= 4 is 34.4 Å². The van der Waals surface area contributed by atoms with Gasteiger partial charge >= 0.3 is 11.9 Å². The lowest BCUT2D eigenvalue weighted by Gasteiger charge is -2.14. The molecule has 0 spiro atoms. The Morgan fingerprint density at radius 3 is 2.46 bits per heavy atom. The normalized spacial score (nSPS) is 12.1. The molecule has 2 aromatic carbocycles. The van der Waals surface area contributed by atoms with E-state index in [0.29, 0.717) is 17.3 Å². The number of aromatic carboxylic acids is 1. The molecule has 2 N–H and O–H groups in total. The third-order valence-electron chi connectivity index (χ3n) is 4.87. The summed E-state index contributed by atoms with van der Waals surface area (Å²) in [5, 5.41) is 19.4. The molecule has 1 aromatic heterocycles. The van der Waals surface area contributed by atoms with Gasteiger partial charge < -0.3 is 19.5 Å². The SMILES string of the molecule is Cc1c(C)n(Cc2ccc(O[C@@H](C)C(=O)O)c(Cl)c2)c2ccc(C(=O)O)cc12. The van der Waals surface area contributed by atoms with Crippen LogP contribution in [0.1, 0.15) is 34.1 Å². The molecule has 6 nitrogen and oxygen atoms in total. The van der Waals surface area contributed by atoms with Crippen LogP contribution in [0.3, 0.4) is 0 Å². The number of hydrogen-bond acceptors (Lipinski definition) is 3. The van der Waals surface area contributed by atoms with Gasteiger partial charge in [0.05, 0.1) is 10.6 Å². The number of aryl methyl sites for hydroxylation is 1. The Balaban J connectivity index is 1.94. The second-order valence-electron chi connectivity index (χ2n) is 6.70. The molecule has 0 bridgehead atoms. The maximum absolute atomic E-state index is 11.3. The zero-order chi connectivity index (χ0) is 20.6. The van der Waals surface area contributed by atoms with E-state index < -0.39 is 18.0 Å². The second kappa shape index (κ2) is 7.56. The molecule has 0 saturated carbocycles. The average molecular weight is 402 g/mol. The van der Waals surface area contributed by atoms with Gasteiger partial charge in [-0.3, -0.25) is 0 Å². The number of aliphatic carboxylic acids is 1. The van der Waals surface area contributed by atoms with Crippen LogP contribution in [0, 0.1) is 13.8 Å². The van der Waals surface area contributed by atoms with Crippen molar-refractivity contribution in [3.05, 3.63) is 63.8 Å². The Bertz CT molecular complexity index is 1090. The van der Waals surface area contributed by atoms with Crippen LogP contribution >= 0.6 is 11.6 Å². The van der Waals surface area contributed by atoms with E-state index in [9.17, 15) is 14.7 Å². The summed E-state index contributed by atoms with van der Waals surface area (Å²) in [5.41, 5.74) is 4.18. The summed E-state index contributed by atoms with van der Waals surface area (Å²) in [6.45, 7) is 5.94. The van der Waals surface area contributed by atoms with Crippen LogP contribution in [0.5, 0.6) is 5.75 Å². The van der Waals surface area contributed by atoms with Crippen molar-refractivity contribution in [1.29, 1.82) is 0 Å². The Morgan fingerprint density at radius 2 is 1.86 bits per heavy atom. The fourth-order valence-corrected chi connectivity index (χ4v) is 3.40. The number of halogens is 1. The van der Waals surface area contributed by atoms with E-state index in [4.69, 9.17) is 21.4 Å². The third kappa shape index (κ3) is 3.68.